The second-order valence-electron chi connectivity index (χ2n) is 4.88. The molecule has 2 nitrogen and oxygen atoms in total. The van der Waals surface area contributed by atoms with Gasteiger partial charge >= 0.3 is 0 Å². The average Bonchev–Trinajstić information content (AvgIpc) is 2.36. The maximum absolute atomic E-state index is 5.87. The summed E-state index contributed by atoms with van der Waals surface area (Å²) in [7, 11) is 4.20. The van der Waals surface area contributed by atoms with Gasteiger partial charge in [0.05, 0.1) is 0 Å². The third kappa shape index (κ3) is 7.00. The average molecular weight is 269 g/mol. The smallest absolute Gasteiger partial charge is 0.0406 e. The van der Waals surface area contributed by atoms with E-state index in [0.29, 0.717) is 0 Å². The molecule has 0 aliphatic carbocycles. The molecule has 1 aromatic carbocycles. The molecule has 0 saturated carbocycles. The van der Waals surface area contributed by atoms with E-state index >= 15 is 0 Å². The summed E-state index contributed by atoms with van der Waals surface area (Å²) in [5.41, 5.74) is 1.33. The van der Waals surface area contributed by atoms with E-state index in [2.05, 4.69) is 29.4 Å². The molecule has 0 radical (unpaired) electrons. The summed E-state index contributed by atoms with van der Waals surface area (Å²) in [4.78, 5) is 2.38. The van der Waals surface area contributed by atoms with Gasteiger partial charge in [0.25, 0.3) is 0 Å². The lowest BCUT2D eigenvalue weighted by Gasteiger charge is -2.16. The van der Waals surface area contributed by atoms with Gasteiger partial charge in [-0.15, -0.1) is 0 Å². The number of nitrogens with one attached hydrogen (secondary N) is 1. The molecule has 0 atom stereocenters. The van der Waals surface area contributed by atoms with E-state index < -0.39 is 0 Å². The molecule has 0 spiro atoms. The number of hydrogen-bond acceptors (Lipinski definition) is 2. The highest BCUT2D eigenvalue weighted by molar-refractivity contribution is 6.30. The molecule has 1 rings (SSSR count). The third-order valence-electron chi connectivity index (χ3n) is 3.08. The first kappa shape index (κ1) is 15.5. The van der Waals surface area contributed by atoms with Crippen LogP contribution >= 0.6 is 11.6 Å². The van der Waals surface area contributed by atoms with Crippen molar-refractivity contribution in [3.63, 3.8) is 0 Å². The molecule has 0 aliphatic heterocycles. The number of hydrogen-bond donors (Lipinski definition) is 1. The molecule has 0 fully saturated rings. The highest BCUT2D eigenvalue weighted by Gasteiger charge is 2.00. The first-order valence-electron chi connectivity index (χ1n) is 6.80. The predicted octanol–water partition coefficient (Wildman–Crippen LogP) is 3.55. The molecule has 18 heavy (non-hydrogen) atoms. The Kier molecular flexibility index (Phi) is 8.06. The number of halogens is 1. The lowest BCUT2D eigenvalue weighted by atomic mass is 10.1. The second kappa shape index (κ2) is 9.37. The summed E-state index contributed by atoms with van der Waals surface area (Å²) in [6, 6.07) is 8.13. The summed E-state index contributed by atoms with van der Waals surface area (Å²) in [5, 5.41) is 3.99. The van der Waals surface area contributed by atoms with Crippen LogP contribution in [0.2, 0.25) is 5.02 Å². The van der Waals surface area contributed by atoms with Gasteiger partial charge in [-0.2, -0.15) is 0 Å². The van der Waals surface area contributed by atoms with Gasteiger partial charge in [0.2, 0.25) is 0 Å². The van der Waals surface area contributed by atoms with Crippen LogP contribution in [0.25, 0.3) is 0 Å². The van der Waals surface area contributed by atoms with Crippen LogP contribution in [0.3, 0.4) is 0 Å². The van der Waals surface area contributed by atoms with Crippen molar-refractivity contribution in [1.29, 1.82) is 0 Å². The van der Waals surface area contributed by atoms with Gasteiger partial charge in [-0.3, -0.25) is 0 Å². The Hall–Kier alpha value is -0.570. The van der Waals surface area contributed by atoms with Crippen LogP contribution in [0.5, 0.6) is 0 Å². The SMILES string of the molecule is CNCCCCCCN(C)Cc1ccc(Cl)cc1. The quantitative estimate of drug-likeness (QED) is 0.689. The summed E-state index contributed by atoms with van der Waals surface area (Å²) >= 11 is 5.87. The van der Waals surface area contributed by atoms with E-state index in [0.717, 1.165) is 18.1 Å². The van der Waals surface area contributed by atoms with E-state index in [1.807, 2.05) is 19.2 Å². The predicted molar refractivity (Wildman–Crippen MR) is 80.2 cm³/mol. The molecule has 102 valence electrons. The highest BCUT2D eigenvalue weighted by atomic mass is 35.5. The number of benzene rings is 1. The van der Waals surface area contributed by atoms with Crippen molar-refractivity contribution in [2.75, 3.05) is 27.2 Å². The zero-order valence-corrected chi connectivity index (χ0v) is 12.3. The van der Waals surface area contributed by atoms with Gasteiger partial charge in [0.1, 0.15) is 0 Å². The molecule has 1 N–H and O–H groups in total. The fourth-order valence-corrected chi connectivity index (χ4v) is 2.14. The summed E-state index contributed by atoms with van der Waals surface area (Å²) in [6.45, 7) is 3.32. The largest absolute Gasteiger partial charge is 0.320 e. The van der Waals surface area contributed by atoms with Crippen molar-refractivity contribution in [3.05, 3.63) is 34.9 Å². The minimum absolute atomic E-state index is 0.811. The number of unbranched alkanes of at least 4 members (excludes halogenated alkanes) is 3. The molecule has 0 unspecified atom stereocenters. The van der Waals surface area contributed by atoms with E-state index in [1.165, 1.54) is 37.8 Å². The van der Waals surface area contributed by atoms with Gasteiger partial charge < -0.3 is 10.2 Å². The molecule has 0 saturated heterocycles. The van der Waals surface area contributed by atoms with Crippen molar-refractivity contribution >= 4 is 11.6 Å². The summed E-state index contributed by atoms with van der Waals surface area (Å²) < 4.78 is 0. The molecule has 0 heterocycles. The Morgan fingerprint density at radius 2 is 1.72 bits per heavy atom. The topological polar surface area (TPSA) is 15.3 Å². The molecule has 1 aromatic rings. The van der Waals surface area contributed by atoms with Gasteiger partial charge in [0.15, 0.2) is 0 Å². The summed E-state index contributed by atoms with van der Waals surface area (Å²) in [5.74, 6) is 0. The highest BCUT2D eigenvalue weighted by Crippen LogP contribution is 2.11. The maximum atomic E-state index is 5.87. The standard InChI is InChI=1S/C15H25ClN2/c1-17-11-5-3-4-6-12-18(2)13-14-7-9-15(16)10-8-14/h7-10,17H,3-6,11-13H2,1-2H3. The molecule has 3 heteroatoms. The van der Waals surface area contributed by atoms with Crippen LogP contribution in [0.1, 0.15) is 31.2 Å². The molecule has 0 bridgehead atoms. The van der Waals surface area contributed by atoms with Crippen molar-refractivity contribution in [1.82, 2.24) is 10.2 Å². The normalized spacial score (nSPS) is 11.1. The van der Waals surface area contributed by atoms with Crippen LogP contribution < -0.4 is 5.32 Å². The van der Waals surface area contributed by atoms with Crippen LogP contribution in [0, 0.1) is 0 Å². The van der Waals surface area contributed by atoms with Crippen LogP contribution in [-0.2, 0) is 6.54 Å². The Morgan fingerprint density at radius 3 is 2.39 bits per heavy atom. The Bertz CT molecular complexity index is 311. The van der Waals surface area contributed by atoms with Crippen LogP contribution in [0.15, 0.2) is 24.3 Å². The maximum Gasteiger partial charge on any atom is 0.0406 e. The zero-order valence-electron chi connectivity index (χ0n) is 11.6. The lowest BCUT2D eigenvalue weighted by Crippen LogP contribution is -2.19. The number of rotatable bonds is 9. The van der Waals surface area contributed by atoms with Crippen molar-refractivity contribution in [2.24, 2.45) is 0 Å². The molecule has 0 amide bonds. The van der Waals surface area contributed by atoms with Gasteiger partial charge in [0, 0.05) is 11.6 Å². The minimum atomic E-state index is 0.811. The van der Waals surface area contributed by atoms with Gasteiger partial charge in [-0.1, -0.05) is 36.6 Å². The fourth-order valence-electron chi connectivity index (χ4n) is 2.02. The van der Waals surface area contributed by atoms with Crippen molar-refractivity contribution in [2.45, 2.75) is 32.2 Å². The molecular weight excluding hydrogens is 244 g/mol. The van der Waals surface area contributed by atoms with Crippen LogP contribution in [0.4, 0.5) is 0 Å². The Morgan fingerprint density at radius 1 is 1.06 bits per heavy atom. The summed E-state index contributed by atoms with van der Waals surface area (Å²) in [6.07, 6.45) is 5.23. The van der Waals surface area contributed by atoms with E-state index in [9.17, 15) is 0 Å². The first-order chi connectivity index (χ1) is 8.72. The monoisotopic (exact) mass is 268 g/mol. The van der Waals surface area contributed by atoms with Gasteiger partial charge in [-0.05, 0) is 57.7 Å². The molecule has 0 aliphatic rings. The van der Waals surface area contributed by atoms with E-state index in [4.69, 9.17) is 11.6 Å². The molecule has 0 aromatic heterocycles. The van der Waals surface area contributed by atoms with E-state index in [1.54, 1.807) is 0 Å². The molecular formula is C15H25ClN2. The Labute approximate surface area is 116 Å². The lowest BCUT2D eigenvalue weighted by molar-refractivity contribution is 0.316. The van der Waals surface area contributed by atoms with Gasteiger partial charge in [-0.25, -0.2) is 0 Å². The zero-order chi connectivity index (χ0) is 13.2. The van der Waals surface area contributed by atoms with Crippen molar-refractivity contribution < 1.29 is 0 Å². The number of nitrogens with zero attached hydrogens (tertiary/aromatic N) is 1. The second-order valence-corrected chi connectivity index (χ2v) is 5.32. The third-order valence-corrected chi connectivity index (χ3v) is 3.33. The van der Waals surface area contributed by atoms with E-state index in [-0.39, 0.29) is 0 Å². The Balaban J connectivity index is 2.10. The van der Waals surface area contributed by atoms with Crippen molar-refractivity contribution in [3.8, 4) is 0 Å². The fraction of sp³-hybridized carbons (Fsp3) is 0.600. The minimum Gasteiger partial charge on any atom is -0.320 e. The van der Waals surface area contributed by atoms with Crippen LogP contribution in [-0.4, -0.2) is 32.1 Å². The first-order valence-corrected chi connectivity index (χ1v) is 7.18.